The van der Waals surface area contributed by atoms with Crippen LogP contribution in [0.4, 0.5) is 0 Å². The van der Waals surface area contributed by atoms with Gasteiger partial charge in [-0.15, -0.1) is 0 Å². The minimum atomic E-state index is -2.91. The standard InChI is InChI=1S/C59H41N3Si/c1-6-21-42(22-7-1)44-39-45(43-23-8-2-9-24-43)41-46(40-44)61-54-34-19-17-32-52(54)58-55(61)38-37-51-50-31-16-18-33-53(50)62(59(51)58)56-35-20-36-57(60-56)63(47-25-10-3-11-26-47,48-27-12-4-13-28-48)49-29-14-5-15-30-49/h1-41H. The first-order valence-corrected chi connectivity index (χ1v) is 23.6. The summed E-state index contributed by atoms with van der Waals surface area (Å²) < 4.78 is 4.90. The van der Waals surface area contributed by atoms with E-state index in [9.17, 15) is 0 Å². The summed E-state index contributed by atoms with van der Waals surface area (Å²) >= 11 is 0. The van der Waals surface area contributed by atoms with Crippen molar-refractivity contribution in [2.75, 3.05) is 0 Å². The second kappa shape index (κ2) is 15.1. The van der Waals surface area contributed by atoms with Gasteiger partial charge in [-0.2, -0.15) is 0 Å². The normalized spacial score (nSPS) is 11.8. The molecular formula is C59H41N3Si. The molecule has 63 heavy (non-hydrogen) atoms. The summed E-state index contributed by atoms with van der Waals surface area (Å²) in [4.78, 5) is 5.88. The van der Waals surface area contributed by atoms with E-state index < -0.39 is 8.07 Å². The number of hydrogen-bond donors (Lipinski definition) is 0. The van der Waals surface area contributed by atoms with E-state index >= 15 is 0 Å². The van der Waals surface area contributed by atoms with Crippen molar-refractivity contribution < 1.29 is 0 Å². The lowest BCUT2D eigenvalue weighted by Gasteiger charge is -2.33. The lowest BCUT2D eigenvalue weighted by molar-refractivity contribution is 1.10. The zero-order valence-electron chi connectivity index (χ0n) is 34.5. The molecule has 0 aliphatic carbocycles. The topological polar surface area (TPSA) is 22.8 Å². The number of rotatable bonds is 8. The molecule has 296 valence electrons. The molecule has 0 saturated carbocycles. The summed E-state index contributed by atoms with van der Waals surface area (Å²) in [7, 11) is -2.91. The van der Waals surface area contributed by atoms with Crippen LogP contribution in [0.15, 0.2) is 249 Å². The summed E-state index contributed by atoms with van der Waals surface area (Å²) in [6, 6.07) is 90.7. The van der Waals surface area contributed by atoms with Crippen LogP contribution in [0.1, 0.15) is 0 Å². The van der Waals surface area contributed by atoms with Gasteiger partial charge in [-0.05, 0) is 86.3 Å². The Kier molecular flexibility index (Phi) is 8.84. The molecule has 0 N–H and O–H groups in total. The van der Waals surface area contributed by atoms with E-state index in [1.165, 1.54) is 59.4 Å². The summed E-state index contributed by atoms with van der Waals surface area (Å²) in [5, 5.41) is 9.80. The third-order valence-electron chi connectivity index (χ3n) is 12.8. The molecule has 4 heteroatoms. The van der Waals surface area contributed by atoms with Crippen molar-refractivity contribution >= 4 is 72.6 Å². The Hall–Kier alpha value is -8.05. The molecule has 3 nitrogen and oxygen atoms in total. The fourth-order valence-corrected chi connectivity index (χ4v) is 14.7. The minimum Gasteiger partial charge on any atom is -0.309 e. The summed E-state index contributed by atoms with van der Waals surface area (Å²) in [6.07, 6.45) is 0. The van der Waals surface area contributed by atoms with Gasteiger partial charge in [-0.3, -0.25) is 4.57 Å². The first kappa shape index (κ1) is 36.8. The lowest BCUT2D eigenvalue weighted by Crippen LogP contribution is -2.75. The van der Waals surface area contributed by atoms with E-state index in [1.807, 2.05) is 0 Å². The van der Waals surface area contributed by atoms with E-state index in [4.69, 9.17) is 4.98 Å². The van der Waals surface area contributed by atoms with Crippen molar-refractivity contribution in [2.24, 2.45) is 0 Å². The molecule has 0 saturated heterocycles. The van der Waals surface area contributed by atoms with Crippen molar-refractivity contribution in [2.45, 2.75) is 0 Å². The van der Waals surface area contributed by atoms with E-state index in [0.717, 1.165) is 38.9 Å². The average Bonchev–Trinajstić information content (AvgIpc) is 3.89. The zero-order chi connectivity index (χ0) is 41.7. The Bertz CT molecular complexity index is 3440. The van der Waals surface area contributed by atoms with Crippen LogP contribution in [0.25, 0.3) is 77.4 Å². The molecular weight excluding hydrogens is 779 g/mol. The van der Waals surface area contributed by atoms with Crippen molar-refractivity contribution in [3.8, 4) is 33.8 Å². The third kappa shape index (κ3) is 5.91. The molecule has 0 aliphatic heterocycles. The monoisotopic (exact) mass is 819 g/mol. The van der Waals surface area contributed by atoms with Gasteiger partial charge in [0.15, 0.2) is 0 Å². The molecule has 12 rings (SSSR count). The lowest BCUT2D eigenvalue weighted by atomic mass is 9.98. The molecule has 12 aromatic rings. The van der Waals surface area contributed by atoms with Crippen molar-refractivity contribution in [1.82, 2.24) is 14.1 Å². The van der Waals surface area contributed by atoms with Crippen LogP contribution in [0, 0.1) is 0 Å². The van der Waals surface area contributed by atoms with Gasteiger partial charge in [0.05, 0.1) is 22.1 Å². The number of nitrogens with zero attached hydrogens (tertiary/aromatic N) is 3. The van der Waals surface area contributed by atoms with Gasteiger partial charge < -0.3 is 4.57 Å². The quantitative estimate of drug-likeness (QED) is 0.111. The highest BCUT2D eigenvalue weighted by atomic mass is 28.3. The van der Waals surface area contributed by atoms with Crippen LogP contribution in [0.5, 0.6) is 0 Å². The number of aromatic nitrogens is 3. The first-order chi connectivity index (χ1) is 31.3. The molecule has 0 aliphatic rings. The minimum absolute atomic E-state index is 0.903. The van der Waals surface area contributed by atoms with Gasteiger partial charge in [-0.25, -0.2) is 4.98 Å². The molecule has 0 bridgehead atoms. The van der Waals surface area contributed by atoms with Crippen molar-refractivity contribution in [1.29, 1.82) is 0 Å². The average molecular weight is 820 g/mol. The van der Waals surface area contributed by atoms with Crippen molar-refractivity contribution in [3.63, 3.8) is 0 Å². The fourth-order valence-electron chi connectivity index (χ4n) is 10.1. The van der Waals surface area contributed by atoms with Gasteiger partial charge in [-0.1, -0.05) is 200 Å². The van der Waals surface area contributed by atoms with Crippen LogP contribution >= 0.6 is 0 Å². The van der Waals surface area contributed by atoms with Gasteiger partial charge in [0.2, 0.25) is 8.07 Å². The summed E-state index contributed by atoms with van der Waals surface area (Å²) in [5.74, 6) is 0.903. The molecule has 0 radical (unpaired) electrons. The Labute approximate surface area is 367 Å². The predicted octanol–water partition coefficient (Wildman–Crippen LogP) is 12.0. The second-order valence-corrected chi connectivity index (χ2v) is 20.0. The molecule has 0 fully saturated rings. The van der Waals surface area contributed by atoms with Crippen LogP contribution in [-0.4, -0.2) is 22.2 Å². The maximum Gasteiger partial charge on any atom is 0.201 e. The van der Waals surface area contributed by atoms with E-state index in [0.29, 0.717) is 0 Å². The van der Waals surface area contributed by atoms with Gasteiger partial charge in [0.1, 0.15) is 5.82 Å². The predicted molar refractivity (Wildman–Crippen MR) is 267 cm³/mol. The Morgan fingerprint density at radius 2 is 0.794 bits per heavy atom. The molecule has 0 spiro atoms. The highest BCUT2D eigenvalue weighted by Crippen LogP contribution is 2.42. The molecule has 3 aromatic heterocycles. The van der Waals surface area contributed by atoms with E-state index in [2.05, 4.69) is 258 Å². The second-order valence-electron chi connectivity index (χ2n) is 16.3. The molecule has 0 amide bonds. The Balaban J connectivity index is 1.17. The largest absolute Gasteiger partial charge is 0.309 e. The van der Waals surface area contributed by atoms with Crippen molar-refractivity contribution in [3.05, 3.63) is 249 Å². The third-order valence-corrected chi connectivity index (χ3v) is 17.5. The van der Waals surface area contributed by atoms with Gasteiger partial charge in [0, 0.05) is 32.5 Å². The highest BCUT2D eigenvalue weighted by molar-refractivity contribution is 7.19. The molecule has 3 heterocycles. The van der Waals surface area contributed by atoms with Crippen LogP contribution < -0.4 is 20.9 Å². The summed E-state index contributed by atoms with van der Waals surface area (Å²) in [5.41, 5.74) is 10.4. The van der Waals surface area contributed by atoms with Crippen LogP contribution in [-0.2, 0) is 0 Å². The molecule has 0 unspecified atom stereocenters. The van der Waals surface area contributed by atoms with Gasteiger partial charge in [0.25, 0.3) is 0 Å². The molecule has 9 aromatic carbocycles. The van der Waals surface area contributed by atoms with Gasteiger partial charge >= 0.3 is 0 Å². The molecule has 0 atom stereocenters. The number of fused-ring (bicyclic) bond motifs is 7. The van der Waals surface area contributed by atoms with Crippen LogP contribution in [0.3, 0.4) is 0 Å². The SMILES string of the molecule is c1ccc(-c2cc(-c3ccccc3)cc(-n3c4ccccc4c4c3ccc3c5ccccc5n(-c5cccc([Si](c6ccccc6)(c6ccccc6)c6ccccc6)n5)c34)c2)cc1. The number of pyridine rings is 1. The number of para-hydroxylation sites is 2. The Morgan fingerprint density at radius 1 is 0.317 bits per heavy atom. The van der Waals surface area contributed by atoms with E-state index in [-0.39, 0.29) is 0 Å². The maximum atomic E-state index is 5.88. The first-order valence-electron chi connectivity index (χ1n) is 21.6. The number of hydrogen-bond acceptors (Lipinski definition) is 1. The maximum absolute atomic E-state index is 5.88. The number of benzene rings is 9. The zero-order valence-corrected chi connectivity index (χ0v) is 35.5. The fraction of sp³-hybridized carbons (Fsp3) is 0. The highest BCUT2D eigenvalue weighted by Gasteiger charge is 2.43. The Morgan fingerprint density at radius 3 is 1.35 bits per heavy atom. The van der Waals surface area contributed by atoms with E-state index in [1.54, 1.807) is 0 Å². The summed E-state index contributed by atoms with van der Waals surface area (Å²) in [6.45, 7) is 0. The van der Waals surface area contributed by atoms with Crippen LogP contribution in [0.2, 0.25) is 0 Å². The smallest absolute Gasteiger partial charge is 0.201 e.